The molecule has 4 heteroatoms. The Hall–Kier alpha value is -0.640. The van der Waals surface area contributed by atoms with Crippen LogP contribution in [0, 0.1) is 5.82 Å². The summed E-state index contributed by atoms with van der Waals surface area (Å²) in [5.41, 5.74) is 0.448. The molecule has 1 fully saturated rings. The lowest BCUT2D eigenvalue weighted by Crippen LogP contribution is -2.48. The average molecular weight is 272 g/mol. The Morgan fingerprint density at radius 1 is 1.50 bits per heavy atom. The fourth-order valence-electron chi connectivity index (χ4n) is 2.99. The molecule has 2 nitrogen and oxygen atoms in total. The zero-order valence-corrected chi connectivity index (χ0v) is 11.3. The molecular formula is C14H19ClFNO. The second kappa shape index (κ2) is 5.55. The maximum Gasteiger partial charge on any atom is 0.142 e. The normalized spacial score (nSPS) is 28.3. The Bertz CT molecular complexity index is 422. The van der Waals surface area contributed by atoms with Crippen molar-refractivity contribution < 1.29 is 9.50 Å². The molecule has 2 atom stereocenters. The van der Waals surface area contributed by atoms with Gasteiger partial charge in [0.25, 0.3) is 0 Å². The highest BCUT2D eigenvalue weighted by atomic mass is 35.5. The third-order valence-corrected chi connectivity index (χ3v) is 4.28. The lowest BCUT2D eigenvalue weighted by molar-refractivity contribution is 0.0423. The van der Waals surface area contributed by atoms with Crippen molar-refractivity contribution in [2.24, 2.45) is 0 Å². The summed E-state index contributed by atoms with van der Waals surface area (Å²) < 4.78 is 13.6. The lowest BCUT2D eigenvalue weighted by Gasteiger charge is -2.42. The number of halogens is 2. The van der Waals surface area contributed by atoms with Crippen LogP contribution in [0.2, 0.25) is 5.02 Å². The number of hydrogen-bond acceptors (Lipinski definition) is 2. The topological polar surface area (TPSA) is 32.3 Å². The van der Waals surface area contributed by atoms with Crippen LogP contribution in [-0.4, -0.2) is 24.8 Å². The number of nitrogens with one attached hydrogen (secondary N) is 1. The molecule has 1 aliphatic rings. The first-order valence-electron chi connectivity index (χ1n) is 6.38. The van der Waals surface area contributed by atoms with Gasteiger partial charge in [0, 0.05) is 12.0 Å². The van der Waals surface area contributed by atoms with Crippen molar-refractivity contribution >= 4 is 11.6 Å². The average Bonchev–Trinajstić information content (AvgIpc) is 2.36. The summed E-state index contributed by atoms with van der Waals surface area (Å²) >= 11 is 5.73. The minimum atomic E-state index is -0.431. The van der Waals surface area contributed by atoms with E-state index in [2.05, 4.69) is 5.32 Å². The molecule has 0 aliphatic heterocycles. The van der Waals surface area contributed by atoms with Gasteiger partial charge in [0.05, 0.1) is 11.1 Å². The van der Waals surface area contributed by atoms with Crippen molar-refractivity contribution in [1.29, 1.82) is 0 Å². The summed E-state index contributed by atoms with van der Waals surface area (Å²) in [6.07, 6.45) is 3.30. The first kappa shape index (κ1) is 13.8. The molecule has 1 saturated carbocycles. The van der Waals surface area contributed by atoms with E-state index in [4.69, 9.17) is 11.6 Å². The van der Waals surface area contributed by atoms with Crippen LogP contribution in [0.1, 0.15) is 31.2 Å². The van der Waals surface area contributed by atoms with Crippen molar-refractivity contribution in [3.63, 3.8) is 0 Å². The maximum absolute atomic E-state index is 13.6. The lowest BCUT2D eigenvalue weighted by atomic mass is 9.67. The minimum Gasteiger partial charge on any atom is -0.392 e. The van der Waals surface area contributed by atoms with Gasteiger partial charge in [0.2, 0.25) is 0 Å². The van der Waals surface area contributed by atoms with Gasteiger partial charge in [-0.25, -0.2) is 4.39 Å². The summed E-state index contributed by atoms with van der Waals surface area (Å²) in [6.45, 7) is 0.648. The highest BCUT2D eigenvalue weighted by molar-refractivity contribution is 6.30. The number of likely N-dealkylation sites (N-methyl/N-ethyl adjacent to an activating group) is 1. The van der Waals surface area contributed by atoms with E-state index in [1.54, 1.807) is 6.07 Å². The predicted octanol–water partition coefficient (Wildman–Crippen LogP) is 2.87. The SMILES string of the molecule is CNC[C@@]1(c2ccc(Cl)c(F)c2)CCCC[C@@H]1O. The van der Waals surface area contributed by atoms with Crippen LogP contribution in [0.4, 0.5) is 4.39 Å². The highest BCUT2D eigenvalue weighted by Gasteiger charge is 2.41. The monoisotopic (exact) mass is 271 g/mol. The summed E-state index contributed by atoms with van der Waals surface area (Å²) in [5.74, 6) is -0.414. The standard InChI is InChI=1S/C14H19ClFNO/c1-17-9-14(7-3-2-4-13(14)18)10-5-6-11(15)12(16)8-10/h5-6,8,13,17-18H,2-4,7,9H2,1H3/t13-,14+/m0/s1. The Labute approximate surface area is 112 Å². The smallest absolute Gasteiger partial charge is 0.142 e. The number of hydrogen-bond donors (Lipinski definition) is 2. The van der Waals surface area contributed by atoms with E-state index in [-0.39, 0.29) is 5.02 Å². The minimum absolute atomic E-state index is 0.128. The van der Waals surface area contributed by atoms with Crippen molar-refractivity contribution in [1.82, 2.24) is 5.32 Å². The van der Waals surface area contributed by atoms with Gasteiger partial charge < -0.3 is 10.4 Å². The van der Waals surface area contributed by atoms with Gasteiger partial charge in [-0.3, -0.25) is 0 Å². The number of benzene rings is 1. The van der Waals surface area contributed by atoms with E-state index in [0.29, 0.717) is 6.54 Å². The zero-order chi connectivity index (χ0) is 13.2. The zero-order valence-electron chi connectivity index (χ0n) is 10.5. The summed E-state index contributed by atoms with van der Waals surface area (Å²) in [7, 11) is 1.86. The second-order valence-electron chi connectivity index (χ2n) is 5.08. The molecule has 0 spiro atoms. The fraction of sp³-hybridized carbons (Fsp3) is 0.571. The molecular weight excluding hydrogens is 253 g/mol. The molecule has 0 amide bonds. The van der Waals surface area contributed by atoms with E-state index in [0.717, 1.165) is 31.2 Å². The van der Waals surface area contributed by atoms with E-state index in [1.165, 1.54) is 6.07 Å². The quantitative estimate of drug-likeness (QED) is 0.886. The highest BCUT2D eigenvalue weighted by Crippen LogP contribution is 2.40. The van der Waals surface area contributed by atoms with Crippen molar-refractivity contribution in [3.05, 3.63) is 34.6 Å². The maximum atomic E-state index is 13.6. The summed E-state index contributed by atoms with van der Waals surface area (Å²) in [5, 5.41) is 13.6. The number of aliphatic hydroxyl groups is 1. The number of aliphatic hydroxyl groups excluding tert-OH is 1. The van der Waals surface area contributed by atoms with E-state index in [1.807, 2.05) is 13.1 Å². The van der Waals surface area contributed by atoms with Crippen molar-refractivity contribution in [3.8, 4) is 0 Å². The molecule has 0 heterocycles. The molecule has 0 saturated heterocycles. The van der Waals surface area contributed by atoms with Crippen LogP contribution in [0.25, 0.3) is 0 Å². The summed E-state index contributed by atoms with van der Waals surface area (Å²) in [6, 6.07) is 4.87. The largest absolute Gasteiger partial charge is 0.392 e. The molecule has 1 aromatic carbocycles. The van der Waals surface area contributed by atoms with Gasteiger partial charge >= 0.3 is 0 Å². The predicted molar refractivity (Wildman–Crippen MR) is 71.5 cm³/mol. The Morgan fingerprint density at radius 2 is 2.28 bits per heavy atom. The Balaban J connectivity index is 2.42. The van der Waals surface area contributed by atoms with Crippen LogP contribution < -0.4 is 5.32 Å². The Morgan fingerprint density at radius 3 is 2.89 bits per heavy atom. The molecule has 1 aliphatic carbocycles. The van der Waals surface area contributed by atoms with E-state index >= 15 is 0 Å². The van der Waals surface area contributed by atoms with Gasteiger partial charge in [0.1, 0.15) is 5.82 Å². The Kier molecular flexibility index (Phi) is 4.25. The van der Waals surface area contributed by atoms with Crippen molar-refractivity contribution in [2.45, 2.75) is 37.2 Å². The third kappa shape index (κ3) is 2.40. The molecule has 0 radical (unpaired) electrons. The van der Waals surface area contributed by atoms with Gasteiger partial charge in [-0.05, 0) is 37.6 Å². The number of rotatable bonds is 3. The molecule has 0 bridgehead atoms. The van der Waals surface area contributed by atoms with Crippen LogP contribution in [0.5, 0.6) is 0 Å². The van der Waals surface area contributed by atoms with Crippen LogP contribution in [0.3, 0.4) is 0 Å². The molecule has 1 aromatic rings. The molecule has 18 heavy (non-hydrogen) atoms. The van der Waals surface area contributed by atoms with Gasteiger partial charge in [-0.1, -0.05) is 30.5 Å². The second-order valence-corrected chi connectivity index (χ2v) is 5.48. The molecule has 2 N–H and O–H groups in total. The van der Waals surface area contributed by atoms with Crippen LogP contribution in [0.15, 0.2) is 18.2 Å². The van der Waals surface area contributed by atoms with Crippen molar-refractivity contribution in [2.75, 3.05) is 13.6 Å². The summed E-state index contributed by atoms with van der Waals surface area (Å²) in [4.78, 5) is 0. The van der Waals surface area contributed by atoms with E-state index < -0.39 is 17.3 Å². The molecule has 0 aromatic heterocycles. The molecule has 0 unspecified atom stereocenters. The van der Waals surface area contributed by atoms with E-state index in [9.17, 15) is 9.50 Å². The first-order valence-corrected chi connectivity index (χ1v) is 6.76. The van der Waals surface area contributed by atoms with Crippen LogP contribution in [-0.2, 0) is 5.41 Å². The van der Waals surface area contributed by atoms with Gasteiger partial charge in [0.15, 0.2) is 0 Å². The first-order chi connectivity index (χ1) is 8.60. The fourth-order valence-corrected chi connectivity index (χ4v) is 3.10. The van der Waals surface area contributed by atoms with Gasteiger partial charge in [-0.15, -0.1) is 0 Å². The van der Waals surface area contributed by atoms with Crippen LogP contribution >= 0.6 is 11.6 Å². The third-order valence-electron chi connectivity index (χ3n) is 3.98. The molecule has 2 rings (SSSR count). The van der Waals surface area contributed by atoms with Gasteiger partial charge in [-0.2, -0.15) is 0 Å². The molecule has 100 valence electrons.